The number of ether oxygens (including phenoxy) is 4. The average Bonchev–Trinajstić information content (AvgIpc) is 3.16. The summed E-state index contributed by atoms with van der Waals surface area (Å²) in [5.41, 5.74) is 6.21. The van der Waals surface area contributed by atoms with Crippen LogP contribution in [0.4, 0.5) is 5.82 Å². The van der Waals surface area contributed by atoms with Crippen LogP contribution in [-0.2, 0) is 23.7 Å². The van der Waals surface area contributed by atoms with Crippen molar-refractivity contribution in [2.45, 2.75) is 30.6 Å². The van der Waals surface area contributed by atoms with Gasteiger partial charge in [-0.15, -0.1) is 0 Å². The molecule has 0 amide bonds. The van der Waals surface area contributed by atoms with Crippen molar-refractivity contribution in [3.05, 3.63) is 58.1 Å². The van der Waals surface area contributed by atoms with Gasteiger partial charge < -0.3 is 29.8 Å². The van der Waals surface area contributed by atoms with Crippen LogP contribution in [0.25, 0.3) is 0 Å². The van der Waals surface area contributed by atoms with Crippen LogP contribution in [0.2, 0.25) is 0 Å². The van der Waals surface area contributed by atoms with Crippen molar-refractivity contribution < 1.29 is 43.6 Å². The lowest BCUT2D eigenvalue weighted by Gasteiger charge is -2.27. The molecule has 0 saturated carbocycles. The highest BCUT2D eigenvalue weighted by molar-refractivity contribution is 6.03. The van der Waals surface area contributed by atoms with Gasteiger partial charge >= 0.3 is 23.6 Å². The first-order valence-electron chi connectivity index (χ1n) is 10.0. The molecule has 2 aromatic rings. The number of aromatic nitrogens is 2. The van der Waals surface area contributed by atoms with Gasteiger partial charge in [-0.05, 0) is 18.2 Å². The molecule has 180 valence electrons. The Morgan fingerprint density at radius 3 is 2.38 bits per heavy atom. The highest BCUT2D eigenvalue weighted by Gasteiger charge is 2.52. The average molecular weight is 476 g/mol. The van der Waals surface area contributed by atoms with Crippen LogP contribution in [-0.4, -0.2) is 75.3 Å². The molecule has 5 N–H and O–H groups in total. The molecule has 0 radical (unpaired) electrons. The molecule has 14 heteroatoms. The van der Waals surface area contributed by atoms with E-state index in [1.54, 1.807) is 5.48 Å². The third-order valence-corrected chi connectivity index (χ3v) is 5.25. The highest BCUT2D eigenvalue weighted by atomic mass is 16.7. The Bertz CT molecular complexity index is 1170. The van der Waals surface area contributed by atoms with Crippen molar-refractivity contribution in [3.8, 4) is 0 Å². The van der Waals surface area contributed by atoms with E-state index in [9.17, 15) is 19.2 Å². The molecule has 0 aliphatic carbocycles. The minimum Gasteiger partial charge on any atom is -0.462 e. The Morgan fingerprint density at radius 2 is 1.79 bits per heavy atom. The number of esters is 3. The first-order chi connectivity index (χ1) is 16.3. The van der Waals surface area contributed by atoms with Crippen LogP contribution in [0.5, 0.6) is 0 Å². The van der Waals surface area contributed by atoms with E-state index in [0.717, 1.165) is 4.57 Å². The molecule has 1 saturated heterocycles. The molecule has 1 fully saturated rings. The van der Waals surface area contributed by atoms with Gasteiger partial charge in [0, 0.05) is 6.20 Å². The number of anilines is 1. The van der Waals surface area contributed by atoms with Gasteiger partial charge in [-0.25, -0.2) is 14.4 Å². The summed E-state index contributed by atoms with van der Waals surface area (Å²) >= 11 is 0. The SMILES string of the molecule is N[C@@H](CO)C(=O)OC[C@H]1O[C@@H](n2ccc(NO)nc2=O)[C@@H]2OC(=O)c3ccccc3C(=O)O[C@@H]21. The van der Waals surface area contributed by atoms with E-state index < -0.39 is 67.4 Å². The number of rotatable bonds is 6. The van der Waals surface area contributed by atoms with Crippen molar-refractivity contribution in [2.75, 3.05) is 18.7 Å². The zero-order valence-electron chi connectivity index (χ0n) is 17.4. The highest BCUT2D eigenvalue weighted by Crippen LogP contribution is 2.36. The summed E-state index contributed by atoms with van der Waals surface area (Å²) in [6, 6.07) is 5.79. The fourth-order valence-corrected chi connectivity index (χ4v) is 3.56. The van der Waals surface area contributed by atoms with Crippen LogP contribution < -0.4 is 16.9 Å². The first-order valence-corrected chi connectivity index (χ1v) is 10.0. The van der Waals surface area contributed by atoms with Crippen molar-refractivity contribution in [1.29, 1.82) is 0 Å². The second kappa shape index (κ2) is 9.56. The molecule has 1 aromatic carbocycles. The second-order valence-corrected chi connectivity index (χ2v) is 7.38. The molecule has 2 aliphatic rings. The fourth-order valence-electron chi connectivity index (χ4n) is 3.56. The van der Waals surface area contributed by atoms with Crippen LogP contribution in [0.1, 0.15) is 26.9 Å². The summed E-state index contributed by atoms with van der Waals surface area (Å²) in [6.07, 6.45) is -3.89. The summed E-state index contributed by atoms with van der Waals surface area (Å²) in [5, 5.41) is 18.0. The number of benzene rings is 1. The van der Waals surface area contributed by atoms with E-state index in [4.69, 9.17) is 35.0 Å². The van der Waals surface area contributed by atoms with E-state index >= 15 is 0 Å². The molecule has 0 unspecified atom stereocenters. The van der Waals surface area contributed by atoms with E-state index in [-0.39, 0.29) is 16.9 Å². The van der Waals surface area contributed by atoms with Gasteiger partial charge in [-0.2, -0.15) is 4.98 Å². The summed E-state index contributed by atoms with van der Waals surface area (Å²) in [6.45, 7) is -1.15. The topological polar surface area (TPSA) is 202 Å². The molecule has 0 spiro atoms. The van der Waals surface area contributed by atoms with Gasteiger partial charge in [-0.3, -0.25) is 20.0 Å². The minimum absolute atomic E-state index is 0.0374. The normalized spacial score (nSPS) is 24.6. The largest absolute Gasteiger partial charge is 0.462 e. The lowest BCUT2D eigenvalue weighted by atomic mass is 10.0. The number of aliphatic hydroxyl groups excluding tert-OH is 1. The number of carbonyl (C=O) groups is 3. The van der Waals surface area contributed by atoms with Crippen molar-refractivity contribution in [3.63, 3.8) is 0 Å². The molecule has 2 aliphatic heterocycles. The van der Waals surface area contributed by atoms with Gasteiger partial charge in [0.25, 0.3) is 0 Å². The number of carbonyl (C=O) groups excluding carboxylic acids is 3. The van der Waals surface area contributed by atoms with E-state index in [1.165, 1.54) is 36.5 Å². The maximum Gasteiger partial charge on any atom is 0.351 e. The Hall–Kier alpha value is -3.85. The molecule has 0 bridgehead atoms. The second-order valence-electron chi connectivity index (χ2n) is 7.38. The van der Waals surface area contributed by atoms with Gasteiger partial charge in [0.2, 0.25) is 0 Å². The summed E-state index contributed by atoms with van der Waals surface area (Å²) in [7, 11) is 0. The summed E-state index contributed by atoms with van der Waals surface area (Å²) in [4.78, 5) is 53.7. The van der Waals surface area contributed by atoms with Crippen LogP contribution in [0, 0.1) is 0 Å². The van der Waals surface area contributed by atoms with Crippen molar-refractivity contribution >= 4 is 23.7 Å². The summed E-state index contributed by atoms with van der Waals surface area (Å²) in [5.74, 6) is -2.79. The zero-order valence-corrected chi connectivity index (χ0v) is 17.4. The molecule has 5 atom stereocenters. The third-order valence-electron chi connectivity index (χ3n) is 5.25. The predicted molar refractivity (Wildman–Crippen MR) is 109 cm³/mol. The minimum atomic E-state index is -1.33. The standard InChI is InChI=1S/C20H20N4O10/c21-11(7-25)19(28)31-8-12-14-15(16(32-12)24-6-5-13(23-30)22-20(24)29)34-18(27)10-4-2-1-3-9(10)17(26)33-14/h1-6,11-12,14-16,25,30H,7-8,21H2,(H,22,23,29)/t11-,12+,14+,15+,16+/m0/s1. The smallest absolute Gasteiger partial charge is 0.351 e. The maximum absolute atomic E-state index is 12.8. The van der Waals surface area contributed by atoms with Crippen LogP contribution in [0.3, 0.4) is 0 Å². The first kappa shape index (κ1) is 23.3. The zero-order chi connectivity index (χ0) is 24.4. The Labute approximate surface area is 190 Å². The Kier molecular flexibility index (Phi) is 6.56. The molecule has 1 aromatic heterocycles. The number of hydrogen-bond acceptors (Lipinski definition) is 13. The number of nitrogens with two attached hydrogens (primary N) is 1. The molecule has 4 rings (SSSR count). The van der Waals surface area contributed by atoms with Gasteiger partial charge in [0.15, 0.2) is 24.3 Å². The van der Waals surface area contributed by atoms with E-state index in [2.05, 4.69) is 4.98 Å². The lowest BCUT2D eigenvalue weighted by Crippen LogP contribution is -2.44. The number of aliphatic hydroxyl groups is 1. The van der Waals surface area contributed by atoms with Gasteiger partial charge in [-0.1, -0.05) is 12.1 Å². The number of nitrogens with one attached hydrogen (secondary N) is 1. The Balaban J connectivity index is 1.70. The molecule has 3 heterocycles. The molecule has 14 nitrogen and oxygen atoms in total. The molecular weight excluding hydrogens is 456 g/mol. The number of hydrogen-bond donors (Lipinski definition) is 4. The van der Waals surface area contributed by atoms with Crippen molar-refractivity contribution in [1.82, 2.24) is 9.55 Å². The third kappa shape index (κ3) is 4.34. The monoisotopic (exact) mass is 476 g/mol. The molecular formula is C20H20N4O10. The lowest BCUT2D eigenvalue weighted by molar-refractivity contribution is -0.152. The molecule has 34 heavy (non-hydrogen) atoms. The van der Waals surface area contributed by atoms with Crippen molar-refractivity contribution in [2.24, 2.45) is 5.73 Å². The Morgan fingerprint density at radius 1 is 1.15 bits per heavy atom. The summed E-state index contributed by atoms with van der Waals surface area (Å²) < 4.78 is 23.0. The number of fused-ring (bicyclic) bond motifs is 2. The van der Waals surface area contributed by atoms with Gasteiger partial charge in [0.05, 0.1) is 17.7 Å². The quantitative estimate of drug-likeness (QED) is 0.215. The maximum atomic E-state index is 12.8. The van der Waals surface area contributed by atoms with E-state index in [1.807, 2.05) is 0 Å². The number of nitrogens with zero attached hydrogens (tertiary/aromatic N) is 2. The fraction of sp³-hybridized carbons (Fsp3) is 0.350. The van der Waals surface area contributed by atoms with Crippen LogP contribution in [0.15, 0.2) is 41.3 Å². The van der Waals surface area contributed by atoms with E-state index in [0.29, 0.717) is 0 Å². The van der Waals surface area contributed by atoms with Crippen LogP contribution >= 0.6 is 0 Å². The predicted octanol–water partition coefficient (Wildman–Crippen LogP) is -1.43. The van der Waals surface area contributed by atoms with Gasteiger partial charge in [0.1, 0.15) is 18.8 Å².